The molecule has 6 nitrogen and oxygen atoms in total. The highest BCUT2D eigenvalue weighted by molar-refractivity contribution is 7.98. The number of methoxy groups -OCH3 is 1. The van der Waals surface area contributed by atoms with Crippen molar-refractivity contribution in [3.8, 4) is 17.1 Å². The molecule has 0 aliphatic rings. The lowest BCUT2D eigenvalue weighted by molar-refractivity contribution is 0.416. The number of thioether (sulfide) groups is 1. The number of aromatic nitrogens is 3. The summed E-state index contributed by atoms with van der Waals surface area (Å²) in [5, 5.41) is 11.1. The van der Waals surface area contributed by atoms with Gasteiger partial charge in [0.2, 0.25) is 0 Å². The molecular formula is C23H22ClN3O3S. The molecule has 0 aliphatic heterocycles. The molecule has 2 heterocycles. The summed E-state index contributed by atoms with van der Waals surface area (Å²) >= 11 is 7.93. The quantitative estimate of drug-likeness (QED) is 0.267. The third-order valence-electron chi connectivity index (χ3n) is 5.12. The Bertz CT molecular complexity index is 1300. The van der Waals surface area contributed by atoms with Gasteiger partial charge in [0.1, 0.15) is 11.3 Å². The summed E-state index contributed by atoms with van der Waals surface area (Å²) in [7, 11) is 1.64. The largest absolute Gasteiger partial charge is 0.496 e. The van der Waals surface area contributed by atoms with E-state index in [9.17, 15) is 4.79 Å². The van der Waals surface area contributed by atoms with Gasteiger partial charge in [0.05, 0.1) is 12.7 Å². The van der Waals surface area contributed by atoms with Crippen LogP contribution in [0.2, 0.25) is 5.02 Å². The van der Waals surface area contributed by atoms with E-state index in [0.29, 0.717) is 22.9 Å². The van der Waals surface area contributed by atoms with Crippen molar-refractivity contribution in [2.75, 3.05) is 7.11 Å². The van der Waals surface area contributed by atoms with Crippen LogP contribution in [0, 0.1) is 0 Å². The van der Waals surface area contributed by atoms with Gasteiger partial charge < -0.3 is 13.7 Å². The molecule has 0 bridgehead atoms. The molecule has 0 unspecified atom stereocenters. The molecular weight excluding hydrogens is 434 g/mol. The summed E-state index contributed by atoms with van der Waals surface area (Å²) in [6.07, 6.45) is 0.767. The van der Waals surface area contributed by atoms with Crippen LogP contribution in [0.1, 0.15) is 25.0 Å². The second kappa shape index (κ2) is 9.16. The smallest absolute Gasteiger partial charge is 0.336 e. The van der Waals surface area contributed by atoms with E-state index in [1.165, 1.54) is 17.8 Å². The standard InChI is InChI=1S/C23H22ClN3O3S/c1-4-14-10-20-17(12-18(14)24)15(11-21(28)30-20)13-31-23-26-25-22(27(23)5-2)16-8-6-7-9-19(16)29-3/h6-12H,4-5,13H2,1-3H3. The van der Waals surface area contributed by atoms with Crippen molar-refractivity contribution in [1.82, 2.24) is 14.8 Å². The van der Waals surface area contributed by atoms with Crippen LogP contribution in [0.3, 0.4) is 0 Å². The van der Waals surface area contributed by atoms with Crippen LogP contribution < -0.4 is 10.4 Å². The van der Waals surface area contributed by atoms with Crippen molar-refractivity contribution < 1.29 is 9.15 Å². The Balaban J connectivity index is 1.69. The summed E-state index contributed by atoms with van der Waals surface area (Å²) in [5.41, 5.74) is 2.87. The zero-order chi connectivity index (χ0) is 22.0. The van der Waals surface area contributed by atoms with Crippen LogP contribution in [-0.2, 0) is 18.7 Å². The average Bonchev–Trinajstić information content (AvgIpc) is 3.20. The van der Waals surface area contributed by atoms with Crippen LogP contribution in [0.25, 0.3) is 22.4 Å². The van der Waals surface area contributed by atoms with Gasteiger partial charge in [-0.05, 0) is 48.7 Å². The first-order valence-electron chi connectivity index (χ1n) is 10.00. The maximum absolute atomic E-state index is 12.1. The number of aryl methyl sites for hydroxylation is 1. The van der Waals surface area contributed by atoms with Crippen molar-refractivity contribution in [1.29, 1.82) is 0 Å². The fourth-order valence-electron chi connectivity index (χ4n) is 3.53. The Hall–Kier alpha value is -2.77. The van der Waals surface area contributed by atoms with E-state index >= 15 is 0 Å². The van der Waals surface area contributed by atoms with Gasteiger partial charge in [-0.15, -0.1) is 10.2 Å². The summed E-state index contributed by atoms with van der Waals surface area (Å²) in [6, 6.07) is 13.0. The van der Waals surface area contributed by atoms with Gasteiger partial charge in [-0.3, -0.25) is 0 Å². The fraction of sp³-hybridized carbons (Fsp3) is 0.261. The van der Waals surface area contributed by atoms with Gasteiger partial charge in [-0.25, -0.2) is 4.79 Å². The van der Waals surface area contributed by atoms with Gasteiger partial charge in [0.25, 0.3) is 0 Å². The van der Waals surface area contributed by atoms with Crippen LogP contribution in [0.15, 0.2) is 56.8 Å². The minimum Gasteiger partial charge on any atom is -0.496 e. The number of para-hydroxylation sites is 1. The lowest BCUT2D eigenvalue weighted by atomic mass is 10.1. The van der Waals surface area contributed by atoms with Crippen molar-refractivity contribution in [2.45, 2.75) is 37.7 Å². The average molecular weight is 456 g/mol. The highest BCUT2D eigenvalue weighted by atomic mass is 35.5. The molecule has 0 saturated heterocycles. The van der Waals surface area contributed by atoms with Crippen molar-refractivity contribution >= 4 is 34.3 Å². The van der Waals surface area contributed by atoms with Gasteiger partial charge in [0, 0.05) is 28.8 Å². The molecule has 31 heavy (non-hydrogen) atoms. The van der Waals surface area contributed by atoms with E-state index in [1.807, 2.05) is 54.8 Å². The van der Waals surface area contributed by atoms with Crippen LogP contribution in [0.4, 0.5) is 0 Å². The molecule has 0 amide bonds. The number of benzene rings is 2. The Labute approximate surface area is 189 Å². The number of hydrogen-bond acceptors (Lipinski definition) is 6. The maximum atomic E-state index is 12.1. The van der Waals surface area contributed by atoms with Crippen LogP contribution in [-0.4, -0.2) is 21.9 Å². The molecule has 4 rings (SSSR count). The van der Waals surface area contributed by atoms with Gasteiger partial charge in [-0.2, -0.15) is 0 Å². The fourth-order valence-corrected chi connectivity index (χ4v) is 4.82. The maximum Gasteiger partial charge on any atom is 0.336 e. The zero-order valence-electron chi connectivity index (χ0n) is 17.5. The first-order chi connectivity index (χ1) is 15.0. The van der Waals surface area contributed by atoms with Crippen molar-refractivity contribution in [2.24, 2.45) is 0 Å². The van der Waals surface area contributed by atoms with Gasteiger partial charge in [-0.1, -0.05) is 42.4 Å². The second-order valence-corrected chi connectivity index (χ2v) is 8.27. The molecule has 0 atom stereocenters. The van der Waals surface area contributed by atoms with Gasteiger partial charge >= 0.3 is 5.63 Å². The lowest BCUT2D eigenvalue weighted by Crippen LogP contribution is -2.03. The Morgan fingerprint density at radius 3 is 2.68 bits per heavy atom. The van der Waals surface area contributed by atoms with Crippen molar-refractivity contribution in [3.05, 3.63) is 69.0 Å². The van der Waals surface area contributed by atoms with Gasteiger partial charge in [0.15, 0.2) is 11.0 Å². The second-order valence-electron chi connectivity index (χ2n) is 6.92. The predicted octanol–water partition coefficient (Wildman–Crippen LogP) is 5.59. The normalized spacial score (nSPS) is 11.2. The van der Waals surface area contributed by atoms with E-state index in [-0.39, 0.29) is 5.63 Å². The Morgan fingerprint density at radius 1 is 1.13 bits per heavy atom. The molecule has 2 aromatic heterocycles. The summed E-state index contributed by atoms with van der Waals surface area (Å²) in [6.45, 7) is 4.76. The highest BCUT2D eigenvalue weighted by Crippen LogP contribution is 2.33. The number of nitrogens with zero attached hydrogens (tertiary/aromatic N) is 3. The third kappa shape index (κ3) is 4.20. The first kappa shape index (κ1) is 21.5. The molecule has 0 spiro atoms. The molecule has 8 heteroatoms. The molecule has 2 aromatic carbocycles. The minimum absolute atomic E-state index is 0.376. The Kier molecular flexibility index (Phi) is 6.34. The minimum atomic E-state index is -0.376. The number of halogens is 1. The van der Waals surface area contributed by atoms with Crippen LogP contribution in [0.5, 0.6) is 5.75 Å². The van der Waals surface area contributed by atoms with Crippen molar-refractivity contribution in [3.63, 3.8) is 0 Å². The van der Waals surface area contributed by atoms with Crippen LogP contribution >= 0.6 is 23.4 Å². The summed E-state index contributed by atoms with van der Waals surface area (Å²) in [5.74, 6) is 2.03. The van der Waals surface area contributed by atoms with E-state index in [1.54, 1.807) is 7.11 Å². The molecule has 0 N–H and O–H groups in total. The molecule has 0 fully saturated rings. The van der Waals surface area contributed by atoms with E-state index in [0.717, 1.165) is 45.2 Å². The molecule has 160 valence electrons. The SMILES string of the molecule is CCc1cc2oc(=O)cc(CSc3nnc(-c4ccccc4OC)n3CC)c2cc1Cl. The Morgan fingerprint density at radius 2 is 1.94 bits per heavy atom. The first-order valence-corrected chi connectivity index (χ1v) is 11.4. The zero-order valence-corrected chi connectivity index (χ0v) is 19.1. The molecule has 0 radical (unpaired) electrons. The van der Waals surface area contributed by atoms with E-state index in [2.05, 4.69) is 10.2 Å². The summed E-state index contributed by atoms with van der Waals surface area (Å²) in [4.78, 5) is 12.1. The highest BCUT2D eigenvalue weighted by Gasteiger charge is 2.17. The molecule has 0 aliphatic carbocycles. The topological polar surface area (TPSA) is 70.2 Å². The summed E-state index contributed by atoms with van der Waals surface area (Å²) < 4.78 is 12.9. The monoisotopic (exact) mass is 455 g/mol. The van der Waals surface area contributed by atoms with E-state index < -0.39 is 0 Å². The lowest BCUT2D eigenvalue weighted by Gasteiger charge is -2.11. The molecule has 0 saturated carbocycles. The number of fused-ring (bicyclic) bond motifs is 1. The number of ether oxygens (including phenoxy) is 1. The predicted molar refractivity (Wildman–Crippen MR) is 124 cm³/mol. The number of rotatable bonds is 7. The van der Waals surface area contributed by atoms with E-state index in [4.69, 9.17) is 20.8 Å². The molecule has 4 aromatic rings. The number of hydrogen-bond donors (Lipinski definition) is 0. The third-order valence-corrected chi connectivity index (χ3v) is 6.48.